The molecule has 4 heteroatoms. The third-order valence-electron chi connectivity index (χ3n) is 4.09. The maximum Gasteiger partial charge on any atom is 0.237 e. The maximum atomic E-state index is 12.3. The monoisotopic (exact) mass is 263 g/mol. The van der Waals surface area contributed by atoms with Crippen molar-refractivity contribution in [2.24, 2.45) is 5.92 Å². The summed E-state index contributed by atoms with van der Waals surface area (Å²) in [6, 6.07) is 0.591. The number of carbonyl (C=O) groups is 1. The summed E-state index contributed by atoms with van der Waals surface area (Å²) < 4.78 is 0. The van der Waals surface area contributed by atoms with Crippen LogP contribution in [0.4, 0.5) is 0 Å². The number of amides is 1. The predicted molar refractivity (Wildman–Crippen MR) is 77.9 cm³/mol. The van der Waals surface area contributed by atoms with E-state index >= 15 is 0 Å². The molecule has 2 atom stereocenters. The highest BCUT2D eigenvalue weighted by Crippen LogP contribution is 2.24. The quantitative estimate of drug-likeness (QED) is 0.722. The van der Waals surface area contributed by atoms with Crippen LogP contribution in [-0.4, -0.2) is 61.0 Å². The predicted octanol–water partition coefficient (Wildman–Crippen LogP) is 0.871. The summed E-state index contributed by atoms with van der Waals surface area (Å²) in [5.41, 5.74) is 0. The van der Waals surface area contributed by atoms with Crippen LogP contribution in [-0.2, 0) is 4.79 Å². The Morgan fingerprint density at radius 2 is 2.05 bits per heavy atom. The molecule has 4 nitrogen and oxygen atoms in total. The van der Waals surface area contributed by atoms with Gasteiger partial charge in [0.1, 0.15) is 0 Å². The van der Waals surface area contributed by atoms with E-state index in [-0.39, 0.29) is 5.91 Å². The van der Waals surface area contributed by atoms with E-state index < -0.39 is 0 Å². The number of hydrogen-bond donors (Lipinski definition) is 1. The largest absolute Gasteiger partial charge is 0.334 e. The van der Waals surface area contributed by atoms with Crippen molar-refractivity contribution < 1.29 is 4.79 Å². The minimum absolute atomic E-state index is 0.179. The molecular weight excluding hydrogens is 238 g/mol. The van der Waals surface area contributed by atoms with Crippen molar-refractivity contribution in [3.63, 3.8) is 0 Å². The first-order valence-electron chi connectivity index (χ1n) is 7.20. The molecule has 2 rings (SSSR count). The first kappa shape index (κ1) is 14.3. The van der Waals surface area contributed by atoms with Crippen LogP contribution in [0.3, 0.4) is 0 Å². The van der Waals surface area contributed by atoms with Crippen LogP contribution in [0.5, 0.6) is 0 Å². The van der Waals surface area contributed by atoms with Crippen molar-refractivity contribution in [3.05, 3.63) is 25.3 Å². The zero-order chi connectivity index (χ0) is 13.7. The third kappa shape index (κ3) is 3.67. The van der Waals surface area contributed by atoms with Gasteiger partial charge < -0.3 is 10.2 Å². The molecule has 0 aliphatic carbocycles. The molecule has 1 N–H and O–H groups in total. The summed E-state index contributed by atoms with van der Waals surface area (Å²) in [6.45, 7) is 12.3. The Morgan fingerprint density at radius 1 is 1.32 bits per heavy atom. The molecule has 106 valence electrons. The Balaban J connectivity index is 1.84. The smallest absolute Gasteiger partial charge is 0.237 e. The van der Waals surface area contributed by atoms with E-state index in [2.05, 4.69) is 23.4 Å². The van der Waals surface area contributed by atoms with Crippen LogP contribution >= 0.6 is 0 Å². The maximum absolute atomic E-state index is 12.3. The highest BCUT2D eigenvalue weighted by molar-refractivity contribution is 5.78. The molecule has 0 radical (unpaired) electrons. The lowest BCUT2D eigenvalue weighted by molar-refractivity contribution is -0.131. The second-order valence-electron chi connectivity index (χ2n) is 5.53. The number of likely N-dealkylation sites (tertiary alicyclic amines) is 1. The Bertz CT molecular complexity index is 318. The Labute approximate surface area is 116 Å². The van der Waals surface area contributed by atoms with Crippen LogP contribution in [0, 0.1) is 5.92 Å². The van der Waals surface area contributed by atoms with Gasteiger partial charge in [-0.3, -0.25) is 9.69 Å². The number of fused-ring (bicyclic) bond motifs is 1. The van der Waals surface area contributed by atoms with E-state index in [4.69, 9.17) is 0 Å². The van der Waals surface area contributed by atoms with E-state index in [9.17, 15) is 4.79 Å². The average Bonchev–Trinajstić information content (AvgIpc) is 2.80. The molecule has 19 heavy (non-hydrogen) atoms. The minimum atomic E-state index is 0.179. The molecule has 0 bridgehead atoms. The number of carbonyl (C=O) groups excluding carboxylic acids is 1. The van der Waals surface area contributed by atoms with Gasteiger partial charge in [-0.15, -0.1) is 13.2 Å². The van der Waals surface area contributed by atoms with Gasteiger partial charge in [0.15, 0.2) is 0 Å². The summed E-state index contributed by atoms with van der Waals surface area (Å²) in [5, 5.41) is 3.56. The first-order valence-corrected chi connectivity index (χ1v) is 7.20. The van der Waals surface area contributed by atoms with Crippen LogP contribution in [0.15, 0.2) is 25.3 Å². The van der Waals surface area contributed by atoms with Crippen LogP contribution in [0.1, 0.15) is 12.8 Å². The van der Waals surface area contributed by atoms with Gasteiger partial charge in [0.05, 0.1) is 6.54 Å². The van der Waals surface area contributed by atoms with Crippen molar-refractivity contribution in [3.8, 4) is 0 Å². The summed E-state index contributed by atoms with van der Waals surface area (Å²) in [6.07, 6.45) is 6.10. The second kappa shape index (κ2) is 6.87. The van der Waals surface area contributed by atoms with Gasteiger partial charge in [-0.2, -0.15) is 0 Å². The lowest BCUT2D eigenvalue weighted by Gasteiger charge is -2.24. The fourth-order valence-corrected chi connectivity index (χ4v) is 3.15. The van der Waals surface area contributed by atoms with Gasteiger partial charge in [0.2, 0.25) is 5.91 Å². The highest BCUT2D eigenvalue weighted by atomic mass is 16.2. The lowest BCUT2D eigenvalue weighted by atomic mass is 9.94. The van der Waals surface area contributed by atoms with E-state index in [1.165, 1.54) is 12.8 Å². The topological polar surface area (TPSA) is 35.6 Å². The molecule has 0 saturated carbocycles. The van der Waals surface area contributed by atoms with Crippen LogP contribution in [0.25, 0.3) is 0 Å². The molecule has 0 aromatic rings. The molecule has 2 unspecified atom stereocenters. The molecular formula is C15H25N3O. The standard InChI is InChI=1S/C15H25N3O/c1-3-8-18(9-4-2)15(19)12-17-10-13-6-5-7-16-14(13)11-17/h3-4,13-14,16H,1-2,5-12H2. The van der Waals surface area contributed by atoms with E-state index in [1.54, 1.807) is 17.1 Å². The van der Waals surface area contributed by atoms with Gasteiger partial charge in [-0.05, 0) is 25.3 Å². The molecule has 2 fully saturated rings. The number of piperidine rings is 1. The van der Waals surface area contributed by atoms with Gasteiger partial charge in [-0.25, -0.2) is 0 Å². The zero-order valence-corrected chi connectivity index (χ0v) is 11.7. The Hall–Kier alpha value is -1.13. The van der Waals surface area contributed by atoms with Gasteiger partial charge >= 0.3 is 0 Å². The SMILES string of the molecule is C=CCN(CC=C)C(=O)CN1CC2CCCNC2C1. The summed E-state index contributed by atoms with van der Waals surface area (Å²) in [7, 11) is 0. The Morgan fingerprint density at radius 3 is 2.68 bits per heavy atom. The molecule has 2 heterocycles. The fraction of sp³-hybridized carbons (Fsp3) is 0.667. The van der Waals surface area contributed by atoms with E-state index in [0.717, 1.165) is 25.6 Å². The Kier molecular flexibility index (Phi) is 5.16. The summed E-state index contributed by atoms with van der Waals surface area (Å²) in [4.78, 5) is 16.3. The first-order chi connectivity index (χ1) is 9.24. The molecule has 0 aromatic carbocycles. The van der Waals surface area contributed by atoms with Crippen molar-refractivity contribution in [1.82, 2.24) is 15.1 Å². The normalized spacial score (nSPS) is 26.7. The minimum Gasteiger partial charge on any atom is -0.334 e. The molecule has 0 spiro atoms. The summed E-state index contributed by atoms with van der Waals surface area (Å²) in [5.74, 6) is 0.909. The zero-order valence-electron chi connectivity index (χ0n) is 11.7. The third-order valence-corrected chi connectivity index (χ3v) is 4.09. The molecule has 0 aromatic heterocycles. The highest BCUT2D eigenvalue weighted by Gasteiger charge is 2.35. The van der Waals surface area contributed by atoms with Crippen molar-refractivity contribution in [1.29, 1.82) is 0 Å². The fourth-order valence-electron chi connectivity index (χ4n) is 3.15. The van der Waals surface area contributed by atoms with Crippen molar-refractivity contribution >= 4 is 5.91 Å². The van der Waals surface area contributed by atoms with Gasteiger partial charge in [-0.1, -0.05) is 12.2 Å². The molecule has 2 aliphatic heterocycles. The number of hydrogen-bond acceptors (Lipinski definition) is 3. The van der Waals surface area contributed by atoms with E-state index in [1.807, 2.05) is 0 Å². The van der Waals surface area contributed by atoms with E-state index in [0.29, 0.717) is 25.7 Å². The molecule has 2 aliphatic rings. The molecule has 2 saturated heterocycles. The second-order valence-corrected chi connectivity index (χ2v) is 5.53. The number of rotatable bonds is 6. The number of nitrogens with one attached hydrogen (secondary N) is 1. The summed E-state index contributed by atoms with van der Waals surface area (Å²) >= 11 is 0. The lowest BCUT2D eigenvalue weighted by Crippen LogP contribution is -2.42. The van der Waals surface area contributed by atoms with Gasteiger partial charge in [0, 0.05) is 32.2 Å². The van der Waals surface area contributed by atoms with Crippen molar-refractivity contribution in [2.45, 2.75) is 18.9 Å². The van der Waals surface area contributed by atoms with Crippen LogP contribution in [0.2, 0.25) is 0 Å². The number of nitrogens with zero attached hydrogens (tertiary/aromatic N) is 2. The van der Waals surface area contributed by atoms with Crippen LogP contribution < -0.4 is 5.32 Å². The van der Waals surface area contributed by atoms with Crippen molar-refractivity contribution in [2.75, 3.05) is 39.3 Å². The average molecular weight is 263 g/mol. The molecule has 1 amide bonds. The van der Waals surface area contributed by atoms with Gasteiger partial charge in [0.25, 0.3) is 0 Å².